The second-order valence-corrected chi connectivity index (χ2v) is 5.14. The Labute approximate surface area is 131 Å². The second-order valence-electron chi connectivity index (χ2n) is 4.28. The highest BCUT2D eigenvalue weighted by Gasteiger charge is 2.04. The van der Waals surface area contributed by atoms with Gasteiger partial charge in [0.25, 0.3) is 5.91 Å². The molecule has 0 aliphatic carbocycles. The number of aryl methyl sites for hydroxylation is 1. The molecule has 1 heterocycles. The zero-order valence-corrected chi connectivity index (χ0v) is 13.2. The lowest BCUT2D eigenvalue weighted by atomic mass is 10.2. The van der Waals surface area contributed by atoms with E-state index in [1.807, 2.05) is 25.1 Å². The standard InChI is InChI=1S/C15H14BrN3O2/c1-10-3-5-12(9-17-10)15(20)19-18-8-11-4-6-14(21-2)13(16)7-11/h3-9H,1-2H3,(H,19,20)/b18-8+. The van der Waals surface area contributed by atoms with Gasteiger partial charge in [0.05, 0.1) is 23.4 Å². The monoisotopic (exact) mass is 347 g/mol. The second kappa shape index (κ2) is 6.99. The number of halogens is 1. The van der Waals surface area contributed by atoms with Crippen molar-refractivity contribution >= 4 is 28.1 Å². The van der Waals surface area contributed by atoms with Crippen molar-refractivity contribution in [3.05, 3.63) is 57.8 Å². The van der Waals surface area contributed by atoms with Crippen LogP contribution in [0.2, 0.25) is 0 Å². The first-order chi connectivity index (χ1) is 10.1. The lowest BCUT2D eigenvalue weighted by Gasteiger charge is -2.03. The van der Waals surface area contributed by atoms with Crippen molar-refractivity contribution < 1.29 is 9.53 Å². The smallest absolute Gasteiger partial charge is 0.272 e. The van der Waals surface area contributed by atoms with E-state index in [2.05, 4.69) is 31.4 Å². The van der Waals surface area contributed by atoms with Crippen LogP contribution in [0.15, 0.2) is 46.1 Å². The number of aromatic nitrogens is 1. The van der Waals surface area contributed by atoms with Crippen molar-refractivity contribution in [3.8, 4) is 5.75 Å². The zero-order valence-electron chi connectivity index (χ0n) is 11.6. The van der Waals surface area contributed by atoms with Gasteiger partial charge in [-0.05, 0) is 58.7 Å². The predicted molar refractivity (Wildman–Crippen MR) is 84.7 cm³/mol. The molecule has 1 N–H and O–H groups in total. The fourth-order valence-corrected chi connectivity index (χ4v) is 2.15. The SMILES string of the molecule is COc1ccc(/C=N/NC(=O)c2ccc(C)nc2)cc1Br. The molecule has 0 saturated heterocycles. The average Bonchev–Trinajstić information content (AvgIpc) is 2.48. The Morgan fingerprint density at radius 1 is 1.38 bits per heavy atom. The third-order valence-corrected chi connectivity index (χ3v) is 3.35. The number of benzene rings is 1. The Morgan fingerprint density at radius 2 is 2.19 bits per heavy atom. The van der Waals surface area contributed by atoms with E-state index in [4.69, 9.17) is 4.74 Å². The van der Waals surface area contributed by atoms with Gasteiger partial charge in [-0.2, -0.15) is 5.10 Å². The van der Waals surface area contributed by atoms with Gasteiger partial charge in [-0.1, -0.05) is 0 Å². The number of nitrogens with zero attached hydrogens (tertiary/aromatic N) is 2. The number of carbonyl (C=O) groups excluding carboxylic acids is 1. The zero-order chi connectivity index (χ0) is 15.2. The summed E-state index contributed by atoms with van der Waals surface area (Å²) in [4.78, 5) is 15.9. The molecule has 5 nitrogen and oxygen atoms in total. The number of ether oxygens (including phenoxy) is 1. The average molecular weight is 348 g/mol. The number of nitrogens with one attached hydrogen (secondary N) is 1. The largest absolute Gasteiger partial charge is 0.496 e. The number of methoxy groups -OCH3 is 1. The summed E-state index contributed by atoms with van der Waals surface area (Å²) in [5, 5.41) is 3.92. The van der Waals surface area contributed by atoms with Gasteiger partial charge in [0, 0.05) is 11.9 Å². The molecule has 0 radical (unpaired) electrons. The van der Waals surface area contributed by atoms with Gasteiger partial charge in [-0.15, -0.1) is 0 Å². The van der Waals surface area contributed by atoms with E-state index in [-0.39, 0.29) is 5.91 Å². The summed E-state index contributed by atoms with van der Waals surface area (Å²) in [5.74, 6) is 0.438. The number of carbonyl (C=O) groups is 1. The van der Waals surface area contributed by atoms with Gasteiger partial charge >= 0.3 is 0 Å². The normalized spacial score (nSPS) is 10.6. The van der Waals surface area contributed by atoms with Crippen LogP contribution in [0.1, 0.15) is 21.6 Å². The Balaban J connectivity index is 2.00. The highest BCUT2D eigenvalue weighted by molar-refractivity contribution is 9.10. The van der Waals surface area contributed by atoms with E-state index in [1.165, 1.54) is 6.20 Å². The molecule has 1 aromatic carbocycles. The molecule has 0 atom stereocenters. The summed E-state index contributed by atoms with van der Waals surface area (Å²) < 4.78 is 5.96. The molecular weight excluding hydrogens is 334 g/mol. The molecule has 108 valence electrons. The molecule has 0 saturated carbocycles. The summed E-state index contributed by atoms with van der Waals surface area (Å²) in [6.07, 6.45) is 3.08. The maximum Gasteiger partial charge on any atom is 0.272 e. The van der Waals surface area contributed by atoms with Crippen LogP contribution >= 0.6 is 15.9 Å². The van der Waals surface area contributed by atoms with Crippen LogP contribution in [0.4, 0.5) is 0 Å². The summed E-state index contributed by atoms with van der Waals surface area (Å²) in [7, 11) is 1.60. The minimum atomic E-state index is -0.300. The lowest BCUT2D eigenvalue weighted by molar-refractivity contribution is 0.0955. The number of pyridine rings is 1. The third-order valence-electron chi connectivity index (χ3n) is 2.73. The van der Waals surface area contributed by atoms with Gasteiger partial charge in [0.1, 0.15) is 5.75 Å². The van der Waals surface area contributed by atoms with Crippen molar-refractivity contribution in [2.24, 2.45) is 5.10 Å². The number of amides is 1. The molecule has 1 aromatic heterocycles. The molecule has 0 fully saturated rings. The minimum absolute atomic E-state index is 0.300. The van der Waals surface area contributed by atoms with Crippen molar-refractivity contribution in [1.82, 2.24) is 10.4 Å². The van der Waals surface area contributed by atoms with Crippen molar-refractivity contribution in [2.45, 2.75) is 6.92 Å². The molecule has 2 aromatic rings. The molecule has 0 unspecified atom stereocenters. The summed E-state index contributed by atoms with van der Waals surface area (Å²) >= 11 is 3.39. The quantitative estimate of drug-likeness (QED) is 0.683. The van der Waals surface area contributed by atoms with Crippen LogP contribution in [-0.2, 0) is 0 Å². The molecule has 2 rings (SSSR count). The van der Waals surface area contributed by atoms with Crippen molar-refractivity contribution in [2.75, 3.05) is 7.11 Å². The van der Waals surface area contributed by atoms with Crippen molar-refractivity contribution in [1.29, 1.82) is 0 Å². The third kappa shape index (κ3) is 4.13. The van der Waals surface area contributed by atoms with E-state index in [0.717, 1.165) is 21.5 Å². The van der Waals surface area contributed by atoms with Gasteiger partial charge in [0.2, 0.25) is 0 Å². The number of hydrazone groups is 1. The first-order valence-corrected chi connectivity index (χ1v) is 6.99. The summed E-state index contributed by atoms with van der Waals surface area (Å²) in [5.41, 5.74) is 4.62. The molecule has 21 heavy (non-hydrogen) atoms. The minimum Gasteiger partial charge on any atom is -0.496 e. The van der Waals surface area contributed by atoms with Gasteiger partial charge < -0.3 is 4.74 Å². The Hall–Kier alpha value is -2.21. The molecule has 0 bridgehead atoms. The van der Waals surface area contributed by atoms with E-state index >= 15 is 0 Å². The van der Waals surface area contributed by atoms with E-state index in [9.17, 15) is 4.79 Å². The Bertz CT molecular complexity index is 669. The summed E-state index contributed by atoms with van der Waals surface area (Å²) in [6.45, 7) is 1.86. The molecule has 1 amide bonds. The number of hydrogen-bond donors (Lipinski definition) is 1. The fraction of sp³-hybridized carbons (Fsp3) is 0.133. The van der Waals surface area contributed by atoms with Crippen LogP contribution < -0.4 is 10.2 Å². The maximum absolute atomic E-state index is 11.8. The predicted octanol–water partition coefficient (Wildman–Crippen LogP) is 2.93. The van der Waals surface area contributed by atoms with Gasteiger partial charge in [0.15, 0.2) is 0 Å². The molecule has 0 spiro atoms. The topological polar surface area (TPSA) is 63.6 Å². The van der Waals surface area contributed by atoms with E-state index in [0.29, 0.717) is 5.56 Å². The Morgan fingerprint density at radius 3 is 2.81 bits per heavy atom. The molecular formula is C15H14BrN3O2. The van der Waals surface area contributed by atoms with Crippen LogP contribution in [-0.4, -0.2) is 24.2 Å². The first-order valence-electron chi connectivity index (χ1n) is 6.20. The fourth-order valence-electron chi connectivity index (χ4n) is 1.60. The van der Waals surface area contributed by atoms with Crippen LogP contribution in [0.25, 0.3) is 0 Å². The van der Waals surface area contributed by atoms with E-state index < -0.39 is 0 Å². The van der Waals surface area contributed by atoms with Gasteiger partial charge in [-0.25, -0.2) is 5.43 Å². The van der Waals surface area contributed by atoms with Crippen LogP contribution in [0, 0.1) is 6.92 Å². The maximum atomic E-state index is 11.8. The molecule has 0 aliphatic rings. The number of hydrogen-bond acceptors (Lipinski definition) is 4. The van der Waals surface area contributed by atoms with Crippen LogP contribution in [0.5, 0.6) is 5.75 Å². The van der Waals surface area contributed by atoms with Gasteiger partial charge in [-0.3, -0.25) is 9.78 Å². The molecule has 0 aliphatic heterocycles. The summed E-state index contributed by atoms with van der Waals surface area (Å²) in [6, 6.07) is 8.99. The number of rotatable bonds is 4. The highest BCUT2D eigenvalue weighted by atomic mass is 79.9. The first kappa shape index (κ1) is 15.2. The van der Waals surface area contributed by atoms with Crippen LogP contribution in [0.3, 0.4) is 0 Å². The van der Waals surface area contributed by atoms with Crippen molar-refractivity contribution in [3.63, 3.8) is 0 Å². The molecule has 6 heteroatoms. The lowest BCUT2D eigenvalue weighted by Crippen LogP contribution is -2.17. The Kier molecular flexibility index (Phi) is 5.05. The van der Waals surface area contributed by atoms with E-state index in [1.54, 1.807) is 25.5 Å². The highest BCUT2D eigenvalue weighted by Crippen LogP contribution is 2.24.